The number of carbonyl (C=O) groups excluding carboxylic acids is 1. The largest absolute Gasteiger partial charge is 0.390 e. The number of nitrogens with one attached hydrogen (secondary N) is 1. The van der Waals surface area contributed by atoms with Crippen molar-refractivity contribution in [2.45, 2.75) is 106 Å². The van der Waals surface area contributed by atoms with E-state index in [1.165, 1.54) is 18.2 Å². The number of aliphatic hydroxyl groups excluding tert-OH is 3. The smallest absolute Gasteiger partial charge is 0.193 e. The van der Waals surface area contributed by atoms with E-state index >= 15 is 8.78 Å². The standard InChI is InChI=1S/C38H44ClF2NO6S/c1-20(2)42-30-10-9-24(14-28(30)39)49-19-21-5-7-22(8-6-21)34-47-33-16-25-26-15-29(40)27-13-23(44)11-12-35(27,3)37(26,41)31(45)17-36(25,4)38(33,48-34)32(46)18-43/h5-14,20,23,25-26,29,31,33-34,42-45H,15-19H2,1-4H3/t23?,25-,26-,29-,31-,33+,34-,35-,36-,37-,38+/m0/s1. The molecule has 2 aromatic carbocycles. The maximum Gasteiger partial charge on any atom is 0.193 e. The summed E-state index contributed by atoms with van der Waals surface area (Å²) < 4.78 is 46.6. The molecule has 1 heterocycles. The minimum atomic E-state index is -2.25. The number of Topliss-reactive ketones (excluding diaryl/α,β-unsaturated/α-hetero) is 1. The molecule has 11 heteroatoms. The van der Waals surface area contributed by atoms with Gasteiger partial charge in [0, 0.05) is 39.0 Å². The first kappa shape index (κ1) is 35.1. The summed E-state index contributed by atoms with van der Waals surface area (Å²) >= 11 is 8.13. The second-order valence-corrected chi connectivity index (χ2v) is 16.5. The zero-order valence-corrected chi connectivity index (χ0v) is 29.6. The number of ketones is 1. The first-order valence-electron chi connectivity index (χ1n) is 17.0. The number of anilines is 1. The highest BCUT2D eigenvalue weighted by atomic mass is 35.5. The Hall–Kier alpha value is -2.31. The molecule has 0 aromatic heterocycles. The number of allylic oxidation sites excluding steroid dienone is 2. The number of thioether (sulfide) groups is 1. The Morgan fingerprint density at radius 1 is 1.12 bits per heavy atom. The van der Waals surface area contributed by atoms with E-state index in [2.05, 4.69) is 19.2 Å². The molecule has 7 nitrogen and oxygen atoms in total. The van der Waals surface area contributed by atoms with Crippen LogP contribution in [0.1, 0.15) is 64.4 Å². The van der Waals surface area contributed by atoms with Crippen LogP contribution in [-0.2, 0) is 20.0 Å². The van der Waals surface area contributed by atoms with Gasteiger partial charge in [0.05, 0.1) is 29.0 Å². The summed E-state index contributed by atoms with van der Waals surface area (Å²) in [5.41, 5.74) is -3.78. The monoisotopic (exact) mass is 715 g/mol. The van der Waals surface area contributed by atoms with E-state index in [9.17, 15) is 20.1 Å². The van der Waals surface area contributed by atoms with Gasteiger partial charge >= 0.3 is 0 Å². The van der Waals surface area contributed by atoms with E-state index in [4.69, 9.17) is 21.1 Å². The van der Waals surface area contributed by atoms with Gasteiger partial charge in [0.25, 0.3) is 0 Å². The second-order valence-electron chi connectivity index (χ2n) is 15.1. The fourth-order valence-corrected chi connectivity index (χ4v) is 11.0. The zero-order chi connectivity index (χ0) is 35.1. The van der Waals surface area contributed by atoms with Gasteiger partial charge in [0.15, 0.2) is 23.3 Å². The molecule has 1 saturated heterocycles. The van der Waals surface area contributed by atoms with Crippen LogP contribution >= 0.6 is 23.4 Å². The number of hydrogen-bond acceptors (Lipinski definition) is 8. The number of aliphatic hydroxyl groups is 3. The third-order valence-corrected chi connectivity index (χ3v) is 13.4. The van der Waals surface area contributed by atoms with Crippen LogP contribution in [0.2, 0.25) is 5.02 Å². The van der Waals surface area contributed by atoms with Crippen LogP contribution < -0.4 is 5.32 Å². The van der Waals surface area contributed by atoms with Crippen molar-refractivity contribution in [3.63, 3.8) is 0 Å². The summed E-state index contributed by atoms with van der Waals surface area (Å²) in [5.74, 6) is -1.45. The Kier molecular flexibility index (Phi) is 8.90. The summed E-state index contributed by atoms with van der Waals surface area (Å²) in [6, 6.07) is 13.9. The number of alkyl halides is 2. The first-order valence-corrected chi connectivity index (χ1v) is 18.4. The summed E-state index contributed by atoms with van der Waals surface area (Å²) in [5, 5.41) is 36.1. The van der Waals surface area contributed by atoms with Crippen LogP contribution in [-0.4, -0.2) is 69.5 Å². The van der Waals surface area contributed by atoms with Gasteiger partial charge in [-0.15, -0.1) is 11.8 Å². The molecular formula is C38H44ClF2NO6S. The van der Waals surface area contributed by atoms with Crippen LogP contribution in [0, 0.1) is 22.7 Å². The second kappa shape index (κ2) is 12.4. The topological polar surface area (TPSA) is 108 Å². The summed E-state index contributed by atoms with van der Waals surface area (Å²) in [4.78, 5) is 14.8. The zero-order valence-electron chi connectivity index (χ0n) is 28.0. The van der Waals surface area contributed by atoms with Crippen LogP contribution in [0.5, 0.6) is 0 Å². The molecule has 0 bridgehead atoms. The fraction of sp³-hybridized carbons (Fsp3) is 0.553. The Morgan fingerprint density at radius 3 is 2.53 bits per heavy atom. The highest BCUT2D eigenvalue weighted by Crippen LogP contribution is 2.72. The quantitative estimate of drug-likeness (QED) is 0.173. The number of halogens is 3. The van der Waals surface area contributed by atoms with Gasteiger partial charge in [-0.2, -0.15) is 0 Å². The van der Waals surface area contributed by atoms with Crippen LogP contribution in [0.25, 0.3) is 0 Å². The summed E-state index contributed by atoms with van der Waals surface area (Å²) in [6.45, 7) is 6.67. The first-order chi connectivity index (χ1) is 23.2. The predicted octanol–water partition coefficient (Wildman–Crippen LogP) is 6.89. The normalized spacial score (nSPS) is 40.7. The lowest BCUT2D eigenvalue weighted by Gasteiger charge is -2.63. The van der Waals surface area contributed by atoms with E-state index in [1.54, 1.807) is 25.6 Å². The molecule has 11 atom stereocenters. The van der Waals surface area contributed by atoms with Crippen molar-refractivity contribution in [1.29, 1.82) is 0 Å². The number of carbonyl (C=O) groups is 1. The van der Waals surface area contributed by atoms with Crippen molar-refractivity contribution in [3.05, 3.63) is 82.4 Å². The molecule has 5 aliphatic rings. The Balaban J connectivity index is 1.12. The Morgan fingerprint density at radius 2 is 1.86 bits per heavy atom. The van der Waals surface area contributed by atoms with E-state index in [0.717, 1.165) is 16.1 Å². The SMILES string of the molecule is CC(C)Nc1ccc(SCc2ccc([C@H]3O[C@@H]4C[C@H]5[C@@H]6C[C@H](F)C7=CC(O)C=C[C@]7(C)[C@@]6(F)[C@@H](O)C[C@]5(C)[C@]4(C(=O)CO)O3)cc2)cc1Cl. The lowest BCUT2D eigenvalue weighted by atomic mass is 9.44. The van der Waals surface area contributed by atoms with E-state index < -0.39 is 77.1 Å². The van der Waals surface area contributed by atoms with Crippen molar-refractivity contribution >= 4 is 34.8 Å². The van der Waals surface area contributed by atoms with Gasteiger partial charge in [-0.1, -0.05) is 54.9 Å². The third-order valence-electron chi connectivity index (χ3n) is 12.1. The number of rotatable bonds is 8. The van der Waals surface area contributed by atoms with Crippen LogP contribution in [0.4, 0.5) is 14.5 Å². The molecule has 264 valence electrons. The third kappa shape index (κ3) is 5.19. The number of benzene rings is 2. The van der Waals surface area contributed by atoms with Gasteiger partial charge in [-0.25, -0.2) is 8.78 Å². The fourth-order valence-electron chi connectivity index (χ4n) is 9.78. The van der Waals surface area contributed by atoms with E-state index in [0.29, 0.717) is 16.3 Å². The number of hydrogen-bond donors (Lipinski definition) is 4. The minimum Gasteiger partial charge on any atom is -0.390 e. The molecule has 2 aromatic rings. The van der Waals surface area contributed by atoms with Crippen molar-refractivity contribution in [1.82, 2.24) is 0 Å². The molecule has 1 aliphatic heterocycles. The van der Waals surface area contributed by atoms with Gasteiger partial charge in [-0.3, -0.25) is 4.79 Å². The highest BCUT2D eigenvalue weighted by molar-refractivity contribution is 7.98. The summed E-state index contributed by atoms with van der Waals surface area (Å²) in [6.07, 6.45) is -1.77. The molecular weight excluding hydrogens is 672 g/mol. The average molecular weight is 716 g/mol. The van der Waals surface area contributed by atoms with Crippen molar-refractivity contribution in [2.24, 2.45) is 22.7 Å². The van der Waals surface area contributed by atoms with Crippen molar-refractivity contribution < 1.29 is 38.4 Å². The van der Waals surface area contributed by atoms with Crippen molar-refractivity contribution in [3.8, 4) is 0 Å². The van der Waals surface area contributed by atoms with E-state index in [-0.39, 0.29) is 30.9 Å². The van der Waals surface area contributed by atoms with Gasteiger partial charge < -0.3 is 30.1 Å². The lowest BCUT2D eigenvalue weighted by molar-refractivity contribution is -0.235. The lowest BCUT2D eigenvalue weighted by Crippen LogP contribution is -2.70. The molecule has 0 radical (unpaired) electrons. The van der Waals surface area contributed by atoms with Crippen LogP contribution in [0.15, 0.2) is 71.2 Å². The van der Waals surface area contributed by atoms with Gasteiger partial charge in [-0.05, 0) is 81.4 Å². The van der Waals surface area contributed by atoms with Crippen LogP contribution in [0.3, 0.4) is 0 Å². The molecule has 4 aliphatic carbocycles. The number of ether oxygens (including phenoxy) is 2. The molecule has 0 amide bonds. The molecule has 3 saturated carbocycles. The Labute approximate surface area is 295 Å². The molecule has 4 fully saturated rings. The molecule has 49 heavy (non-hydrogen) atoms. The maximum atomic E-state index is 17.6. The molecule has 0 spiro atoms. The minimum absolute atomic E-state index is 0.137. The average Bonchev–Trinajstić information content (AvgIpc) is 3.56. The van der Waals surface area contributed by atoms with E-state index in [1.807, 2.05) is 42.5 Å². The van der Waals surface area contributed by atoms with Gasteiger partial charge in [0.1, 0.15) is 12.8 Å². The summed E-state index contributed by atoms with van der Waals surface area (Å²) in [7, 11) is 0. The molecule has 4 N–H and O–H groups in total. The predicted molar refractivity (Wildman–Crippen MR) is 185 cm³/mol. The maximum absolute atomic E-state index is 17.6. The molecule has 1 unspecified atom stereocenters. The van der Waals surface area contributed by atoms with Gasteiger partial charge in [0.2, 0.25) is 0 Å². The van der Waals surface area contributed by atoms with Crippen molar-refractivity contribution in [2.75, 3.05) is 11.9 Å². The highest BCUT2D eigenvalue weighted by Gasteiger charge is 2.80. The number of fused-ring (bicyclic) bond motifs is 7. The Bertz CT molecular complexity index is 1690. The molecule has 7 rings (SSSR count).